The van der Waals surface area contributed by atoms with Crippen molar-refractivity contribution in [3.8, 4) is 0 Å². The van der Waals surface area contributed by atoms with Crippen molar-refractivity contribution in [2.45, 2.75) is 6.54 Å². The number of hydrogen-bond acceptors (Lipinski definition) is 5. The first kappa shape index (κ1) is 20.8. The zero-order valence-electron chi connectivity index (χ0n) is 17.8. The molecule has 0 spiro atoms. The maximum absolute atomic E-state index is 14.0. The van der Waals surface area contributed by atoms with Gasteiger partial charge in [-0.05, 0) is 35.9 Å². The molecule has 1 aromatic heterocycles. The first-order valence-electron chi connectivity index (χ1n) is 10.7. The standard InChI is InChI=1S/C25H21FN4O3/c26-20-8-2-1-6-18(20)23(31)29-13-11-28(12-14-29)21-9-3-7-19-22(21)25(33)30(24(19)32)16-17-5-4-10-27-15-17/h1-10,15H,11-14,16H2. The van der Waals surface area contributed by atoms with Crippen LogP contribution in [0.3, 0.4) is 0 Å². The lowest BCUT2D eigenvalue weighted by Crippen LogP contribution is -2.49. The van der Waals surface area contributed by atoms with Gasteiger partial charge in [0.05, 0.1) is 28.9 Å². The Balaban J connectivity index is 1.34. The van der Waals surface area contributed by atoms with E-state index in [0.29, 0.717) is 43.0 Å². The van der Waals surface area contributed by atoms with E-state index in [1.165, 1.54) is 17.0 Å². The highest BCUT2D eigenvalue weighted by Gasteiger charge is 2.39. The molecule has 2 aliphatic heterocycles. The fourth-order valence-corrected chi connectivity index (χ4v) is 4.35. The highest BCUT2D eigenvalue weighted by Crippen LogP contribution is 2.33. The van der Waals surface area contributed by atoms with Gasteiger partial charge < -0.3 is 9.80 Å². The summed E-state index contributed by atoms with van der Waals surface area (Å²) in [5.74, 6) is -1.54. The second-order valence-corrected chi connectivity index (χ2v) is 8.02. The first-order chi connectivity index (χ1) is 16.0. The van der Waals surface area contributed by atoms with E-state index in [9.17, 15) is 18.8 Å². The lowest BCUT2D eigenvalue weighted by atomic mass is 10.1. The van der Waals surface area contributed by atoms with Gasteiger partial charge >= 0.3 is 0 Å². The Morgan fingerprint density at radius 2 is 1.70 bits per heavy atom. The molecule has 0 saturated carbocycles. The van der Waals surface area contributed by atoms with Crippen LogP contribution in [0.4, 0.5) is 10.1 Å². The minimum Gasteiger partial charge on any atom is -0.367 e. The molecular formula is C25H21FN4O3. The second-order valence-electron chi connectivity index (χ2n) is 8.02. The first-order valence-corrected chi connectivity index (χ1v) is 10.7. The van der Waals surface area contributed by atoms with E-state index < -0.39 is 5.82 Å². The van der Waals surface area contributed by atoms with Gasteiger partial charge in [-0.3, -0.25) is 24.3 Å². The number of rotatable bonds is 4. The molecule has 8 heteroatoms. The number of benzene rings is 2. The summed E-state index contributed by atoms with van der Waals surface area (Å²) < 4.78 is 14.0. The average Bonchev–Trinajstić information content (AvgIpc) is 3.10. The quantitative estimate of drug-likeness (QED) is 0.579. The summed E-state index contributed by atoms with van der Waals surface area (Å²) >= 11 is 0. The fraction of sp³-hybridized carbons (Fsp3) is 0.200. The topological polar surface area (TPSA) is 73.8 Å². The van der Waals surface area contributed by atoms with Crippen LogP contribution < -0.4 is 4.90 Å². The molecule has 0 unspecified atom stereocenters. The van der Waals surface area contributed by atoms with E-state index >= 15 is 0 Å². The molecular weight excluding hydrogens is 423 g/mol. The molecule has 7 nitrogen and oxygen atoms in total. The molecule has 2 aromatic carbocycles. The Labute approximate surface area is 190 Å². The largest absolute Gasteiger partial charge is 0.367 e. The molecule has 0 aliphatic carbocycles. The number of imide groups is 1. The van der Waals surface area contributed by atoms with Crippen molar-refractivity contribution in [1.29, 1.82) is 0 Å². The number of amides is 3. The highest BCUT2D eigenvalue weighted by atomic mass is 19.1. The van der Waals surface area contributed by atoms with Gasteiger partial charge in [0.25, 0.3) is 17.7 Å². The maximum Gasteiger partial charge on any atom is 0.263 e. The van der Waals surface area contributed by atoms with Gasteiger partial charge in [0.15, 0.2) is 0 Å². The Kier molecular flexibility index (Phi) is 5.34. The summed E-state index contributed by atoms with van der Waals surface area (Å²) in [6.07, 6.45) is 3.27. The molecule has 33 heavy (non-hydrogen) atoms. The zero-order chi connectivity index (χ0) is 22.9. The Morgan fingerprint density at radius 1 is 0.909 bits per heavy atom. The summed E-state index contributed by atoms with van der Waals surface area (Å²) in [5, 5.41) is 0. The molecule has 166 valence electrons. The van der Waals surface area contributed by atoms with Crippen molar-refractivity contribution in [1.82, 2.24) is 14.8 Å². The molecule has 3 heterocycles. The van der Waals surface area contributed by atoms with E-state index in [4.69, 9.17) is 0 Å². The number of carbonyl (C=O) groups excluding carboxylic acids is 3. The minimum absolute atomic E-state index is 0.0540. The van der Waals surface area contributed by atoms with Crippen molar-refractivity contribution in [2.24, 2.45) is 0 Å². The molecule has 0 bridgehead atoms. The Hall–Kier alpha value is -4.07. The molecule has 3 amide bonds. The summed E-state index contributed by atoms with van der Waals surface area (Å²) in [7, 11) is 0. The fourth-order valence-electron chi connectivity index (χ4n) is 4.35. The third-order valence-corrected chi connectivity index (χ3v) is 6.05. The Morgan fingerprint density at radius 3 is 2.42 bits per heavy atom. The third-order valence-electron chi connectivity index (χ3n) is 6.05. The molecule has 0 atom stereocenters. The van der Waals surface area contributed by atoms with Crippen molar-refractivity contribution in [3.05, 3.63) is 95.1 Å². The second kappa shape index (κ2) is 8.46. The van der Waals surface area contributed by atoms with Gasteiger partial charge in [0, 0.05) is 38.6 Å². The monoisotopic (exact) mass is 444 g/mol. The van der Waals surface area contributed by atoms with Crippen LogP contribution in [-0.2, 0) is 6.54 Å². The van der Waals surface area contributed by atoms with E-state index in [0.717, 1.165) is 5.56 Å². The van der Waals surface area contributed by atoms with Gasteiger partial charge in [0.2, 0.25) is 0 Å². The smallest absolute Gasteiger partial charge is 0.263 e. The van der Waals surface area contributed by atoms with Gasteiger partial charge in [-0.1, -0.05) is 24.3 Å². The predicted molar refractivity (Wildman–Crippen MR) is 119 cm³/mol. The summed E-state index contributed by atoms with van der Waals surface area (Å²) in [6, 6.07) is 14.8. The van der Waals surface area contributed by atoms with Crippen molar-refractivity contribution < 1.29 is 18.8 Å². The minimum atomic E-state index is -0.538. The summed E-state index contributed by atoms with van der Waals surface area (Å²) in [6.45, 7) is 1.88. The highest BCUT2D eigenvalue weighted by molar-refractivity contribution is 6.23. The lowest BCUT2D eigenvalue weighted by molar-refractivity contribution is 0.0640. The molecule has 2 aliphatic rings. The van der Waals surface area contributed by atoms with Crippen LogP contribution in [0.1, 0.15) is 36.6 Å². The van der Waals surface area contributed by atoms with Gasteiger partial charge in [-0.25, -0.2) is 4.39 Å². The molecule has 5 rings (SSSR count). The van der Waals surface area contributed by atoms with Gasteiger partial charge in [0.1, 0.15) is 5.82 Å². The van der Waals surface area contributed by atoms with Gasteiger partial charge in [-0.2, -0.15) is 0 Å². The molecule has 3 aromatic rings. The third kappa shape index (κ3) is 3.73. The maximum atomic E-state index is 14.0. The van der Waals surface area contributed by atoms with Crippen LogP contribution in [0, 0.1) is 5.82 Å². The Bertz CT molecular complexity index is 1240. The van der Waals surface area contributed by atoms with E-state index in [2.05, 4.69) is 4.98 Å². The number of carbonyl (C=O) groups is 3. The lowest BCUT2D eigenvalue weighted by Gasteiger charge is -2.36. The number of hydrogen-bond donors (Lipinski definition) is 0. The van der Waals surface area contributed by atoms with Crippen LogP contribution in [0.25, 0.3) is 0 Å². The predicted octanol–water partition coefficient (Wildman–Crippen LogP) is 2.98. The SMILES string of the molecule is O=C(c1ccccc1F)N1CCN(c2cccc3c2C(=O)N(Cc2cccnc2)C3=O)CC1. The zero-order valence-corrected chi connectivity index (χ0v) is 17.8. The van der Waals surface area contributed by atoms with Crippen molar-refractivity contribution in [2.75, 3.05) is 31.1 Å². The molecule has 1 saturated heterocycles. The van der Waals surface area contributed by atoms with Crippen molar-refractivity contribution >= 4 is 23.4 Å². The van der Waals surface area contributed by atoms with Crippen LogP contribution in [0.2, 0.25) is 0 Å². The number of anilines is 1. The van der Waals surface area contributed by atoms with Crippen LogP contribution in [0.15, 0.2) is 67.0 Å². The number of aromatic nitrogens is 1. The van der Waals surface area contributed by atoms with E-state index in [-0.39, 0.29) is 29.8 Å². The summed E-state index contributed by atoms with van der Waals surface area (Å²) in [4.78, 5) is 47.8. The normalized spacial score (nSPS) is 15.7. The molecule has 0 radical (unpaired) electrons. The number of fused-ring (bicyclic) bond motifs is 1. The molecule has 1 fully saturated rings. The van der Waals surface area contributed by atoms with Crippen LogP contribution >= 0.6 is 0 Å². The van der Waals surface area contributed by atoms with Crippen LogP contribution in [0.5, 0.6) is 0 Å². The number of halogens is 1. The summed E-state index contributed by atoms with van der Waals surface area (Å²) in [5.41, 5.74) is 2.27. The number of nitrogens with zero attached hydrogens (tertiary/aromatic N) is 4. The number of piperazine rings is 1. The van der Waals surface area contributed by atoms with Gasteiger partial charge in [-0.15, -0.1) is 0 Å². The average molecular weight is 444 g/mol. The van der Waals surface area contributed by atoms with Crippen molar-refractivity contribution in [3.63, 3.8) is 0 Å². The van der Waals surface area contributed by atoms with E-state index in [1.54, 1.807) is 47.6 Å². The molecule has 0 N–H and O–H groups in total. The van der Waals surface area contributed by atoms with Crippen LogP contribution in [-0.4, -0.2) is 58.7 Å². The number of pyridine rings is 1. The van der Waals surface area contributed by atoms with E-state index in [1.807, 2.05) is 17.0 Å².